The number of para-hydroxylation sites is 1. The first-order valence-corrected chi connectivity index (χ1v) is 17.2. The fraction of sp³-hybridized carbons (Fsp3) is 0.286. The number of piperidine rings is 1. The Labute approximate surface area is 267 Å². The quantitative estimate of drug-likeness (QED) is 0.234. The molecular formula is C35H35N5O5S. The van der Waals surface area contributed by atoms with Crippen molar-refractivity contribution in [1.82, 2.24) is 19.9 Å². The van der Waals surface area contributed by atoms with Gasteiger partial charge in [-0.1, -0.05) is 36.4 Å². The topological polar surface area (TPSA) is 124 Å². The van der Waals surface area contributed by atoms with E-state index in [4.69, 9.17) is 14.5 Å². The molecule has 11 heteroatoms. The van der Waals surface area contributed by atoms with Crippen LogP contribution in [-0.2, 0) is 14.6 Å². The second-order valence-electron chi connectivity index (χ2n) is 11.6. The van der Waals surface area contributed by atoms with Crippen molar-refractivity contribution in [2.75, 3.05) is 31.6 Å². The molecule has 0 amide bonds. The van der Waals surface area contributed by atoms with Gasteiger partial charge in [0.05, 0.1) is 15.8 Å². The van der Waals surface area contributed by atoms with E-state index in [-0.39, 0.29) is 22.1 Å². The molecule has 2 aliphatic heterocycles. The van der Waals surface area contributed by atoms with Crippen LogP contribution in [0.15, 0.2) is 101 Å². The first-order chi connectivity index (χ1) is 22.5. The molecule has 0 radical (unpaired) electrons. The van der Waals surface area contributed by atoms with E-state index in [1.165, 1.54) is 4.57 Å². The van der Waals surface area contributed by atoms with E-state index in [0.29, 0.717) is 54.3 Å². The molecule has 5 aromatic rings. The number of pyridine rings is 1. The van der Waals surface area contributed by atoms with E-state index in [1.807, 2.05) is 54.6 Å². The molecule has 46 heavy (non-hydrogen) atoms. The smallest absolute Gasteiger partial charge is 0.264 e. The molecule has 0 bridgehead atoms. The van der Waals surface area contributed by atoms with Crippen molar-refractivity contribution in [2.24, 2.45) is 0 Å². The van der Waals surface area contributed by atoms with E-state index < -0.39 is 15.1 Å². The van der Waals surface area contributed by atoms with Crippen LogP contribution in [0.5, 0.6) is 5.75 Å². The maximum atomic E-state index is 14.4. The lowest BCUT2D eigenvalue weighted by Crippen LogP contribution is -2.37. The average molecular weight is 638 g/mol. The number of hydrogen-bond donors (Lipinski definition) is 2. The lowest BCUT2D eigenvalue weighted by molar-refractivity contribution is 0.0983. The van der Waals surface area contributed by atoms with Crippen molar-refractivity contribution in [2.45, 2.75) is 41.9 Å². The number of rotatable bonds is 8. The van der Waals surface area contributed by atoms with E-state index in [0.717, 1.165) is 37.4 Å². The van der Waals surface area contributed by atoms with Gasteiger partial charge in [-0.2, -0.15) is 4.98 Å². The van der Waals surface area contributed by atoms with E-state index in [2.05, 4.69) is 15.6 Å². The van der Waals surface area contributed by atoms with Crippen molar-refractivity contribution in [3.05, 3.63) is 101 Å². The van der Waals surface area contributed by atoms with E-state index >= 15 is 0 Å². The van der Waals surface area contributed by atoms with Gasteiger partial charge in [-0.15, -0.1) is 0 Å². The minimum atomic E-state index is -3.72. The molecule has 0 saturated carbocycles. The number of ether oxygens (including phenoxy) is 2. The number of sulfone groups is 1. The SMILES string of the molecule is O=c1c(-c2ccccc2S(=O)(=O)C2CCOCC2)cc2cnc(Nc3ccc(OC4CCCNC4)cc3)nc2n1-c1ccccc1. The number of aromatic nitrogens is 3. The molecule has 4 heterocycles. The number of hydrogen-bond acceptors (Lipinski definition) is 9. The molecular weight excluding hydrogens is 602 g/mol. The molecule has 0 spiro atoms. The average Bonchev–Trinajstić information content (AvgIpc) is 3.10. The highest BCUT2D eigenvalue weighted by molar-refractivity contribution is 7.92. The normalized spacial score (nSPS) is 17.5. The van der Waals surface area contributed by atoms with Gasteiger partial charge >= 0.3 is 0 Å². The van der Waals surface area contributed by atoms with Crippen molar-refractivity contribution in [3.63, 3.8) is 0 Å². The summed E-state index contributed by atoms with van der Waals surface area (Å²) in [6.07, 6.45) is 4.77. The molecule has 0 aliphatic carbocycles. The predicted octanol–water partition coefficient (Wildman–Crippen LogP) is 5.27. The first-order valence-electron chi connectivity index (χ1n) is 15.6. The zero-order valence-corrected chi connectivity index (χ0v) is 26.1. The van der Waals surface area contributed by atoms with Crippen LogP contribution >= 0.6 is 0 Å². The number of nitrogens with zero attached hydrogens (tertiary/aromatic N) is 3. The van der Waals surface area contributed by atoms with Gasteiger partial charge in [0.15, 0.2) is 15.5 Å². The number of anilines is 2. The Morgan fingerprint density at radius 2 is 1.67 bits per heavy atom. The molecule has 1 unspecified atom stereocenters. The van der Waals surface area contributed by atoms with Crippen molar-refractivity contribution < 1.29 is 17.9 Å². The molecule has 2 saturated heterocycles. The van der Waals surface area contributed by atoms with Gasteiger partial charge in [0, 0.05) is 48.2 Å². The lowest BCUT2D eigenvalue weighted by Gasteiger charge is -2.24. The van der Waals surface area contributed by atoms with Crippen molar-refractivity contribution in [3.8, 4) is 22.6 Å². The van der Waals surface area contributed by atoms with Gasteiger partial charge in [0.25, 0.3) is 5.56 Å². The lowest BCUT2D eigenvalue weighted by atomic mass is 10.1. The first kappa shape index (κ1) is 30.1. The van der Waals surface area contributed by atoms with Crippen LogP contribution in [0.25, 0.3) is 27.8 Å². The fourth-order valence-electron chi connectivity index (χ4n) is 6.13. The zero-order chi connectivity index (χ0) is 31.5. The Morgan fingerprint density at radius 3 is 2.43 bits per heavy atom. The summed E-state index contributed by atoms with van der Waals surface area (Å²) in [5, 5.41) is 6.62. The maximum absolute atomic E-state index is 14.4. The van der Waals surface area contributed by atoms with Crippen LogP contribution in [0.1, 0.15) is 25.7 Å². The third-order valence-electron chi connectivity index (χ3n) is 8.51. The predicted molar refractivity (Wildman–Crippen MR) is 178 cm³/mol. The Morgan fingerprint density at radius 1 is 0.913 bits per heavy atom. The summed E-state index contributed by atoms with van der Waals surface area (Å²) in [7, 11) is -3.72. The monoisotopic (exact) mass is 637 g/mol. The summed E-state index contributed by atoms with van der Waals surface area (Å²) in [4.78, 5) is 23.8. The summed E-state index contributed by atoms with van der Waals surface area (Å²) in [5.41, 5.74) is 2.01. The van der Waals surface area contributed by atoms with Crippen LogP contribution in [-0.4, -0.2) is 60.6 Å². The second-order valence-corrected chi connectivity index (χ2v) is 13.8. The summed E-state index contributed by atoms with van der Waals surface area (Å²) in [6, 6.07) is 25.3. The standard InChI is InChI=1S/C35H35N5O5S/c41-34-31(30-10-4-5-11-32(30)46(42,43)29-16-19-44-20-17-29)21-24-22-37-35(39-33(24)40(34)26-7-2-1-3-8-26)38-25-12-14-27(15-13-25)45-28-9-6-18-36-23-28/h1-5,7-8,10-15,21-22,28-29,36H,6,9,16-20,23H2,(H,37,38,39). The molecule has 236 valence electrons. The highest BCUT2D eigenvalue weighted by atomic mass is 32.2. The second kappa shape index (κ2) is 13.0. The number of fused-ring (bicyclic) bond motifs is 1. The van der Waals surface area contributed by atoms with Crippen molar-refractivity contribution >= 4 is 32.5 Å². The van der Waals surface area contributed by atoms with Crippen LogP contribution in [0.3, 0.4) is 0 Å². The maximum Gasteiger partial charge on any atom is 0.264 e. The van der Waals surface area contributed by atoms with Crippen LogP contribution in [0, 0.1) is 0 Å². The van der Waals surface area contributed by atoms with Crippen LogP contribution in [0.4, 0.5) is 11.6 Å². The van der Waals surface area contributed by atoms with Gasteiger partial charge in [-0.25, -0.2) is 13.4 Å². The largest absolute Gasteiger partial charge is 0.489 e. The third kappa shape index (κ3) is 6.13. The number of benzene rings is 3. The molecule has 2 aromatic heterocycles. The highest BCUT2D eigenvalue weighted by Gasteiger charge is 2.32. The summed E-state index contributed by atoms with van der Waals surface area (Å²) in [5.74, 6) is 1.11. The number of nitrogens with one attached hydrogen (secondary N) is 2. The molecule has 1 atom stereocenters. The van der Waals surface area contributed by atoms with Gasteiger partial charge in [-0.3, -0.25) is 9.36 Å². The van der Waals surface area contributed by atoms with E-state index in [9.17, 15) is 13.2 Å². The summed E-state index contributed by atoms with van der Waals surface area (Å²) in [6.45, 7) is 2.66. The third-order valence-corrected chi connectivity index (χ3v) is 10.8. The molecule has 2 N–H and O–H groups in total. The van der Waals surface area contributed by atoms with Gasteiger partial charge in [0.1, 0.15) is 11.9 Å². The Balaban J connectivity index is 1.27. The molecule has 7 rings (SSSR count). The Kier molecular flexibility index (Phi) is 8.53. The minimum Gasteiger partial charge on any atom is -0.489 e. The highest BCUT2D eigenvalue weighted by Crippen LogP contribution is 2.33. The molecule has 2 fully saturated rings. The Hall–Kier alpha value is -4.58. The zero-order valence-electron chi connectivity index (χ0n) is 25.3. The molecule has 2 aliphatic rings. The van der Waals surface area contributed by atoms with Gasteiger partial charge < -0.3 is 20.1 Å². The van der Waals surface area contributed by atoms with Crippen molar-refractivity contribution in [1.29, 1.82) is 0 Å². The fourth-order valence-corrected chi connectivity index (χ4v) is 8.05. The Bertz CT molecular complexity index is 2000. The van der Waals surface area contributed by atoms with Crippen LogP contribution < -0.4 is 20.9 Å². The van der Waals surface area contributed by atoms with Gasteiger partial charge in [-0.05, 0) is 80.8 Å². The van der Waals surface area contributed by atoms with Gasteiger partial charge in [0.2, 0.25) is 5.95 Å². The van der Waals surface area contributed by atoms with E-state index in [1.54, 1.807) is 36.5 Å². The minimum absolute atomic E-state index is 0.143. The molecule has 10 nitrogen and oxygen atoms in total. The summed E-state index contributed by atoms with van der Waals surface area (Å²) < 4.78 is 40.7. The summed E-state index contributed by atoms with van der Waals surface area (Å²) >= 11 is 0. The molecule has 3 aromatic carbocycles. The van der Waals surface area contributed by atoms with Crippen LogP contribution in [0.2, 0.25) is 0 Å².